The van der Waals surface area contributed by atoms with Gasteiger partial charge in [0.2, 0.25) is 0 Å². The van der Waals surface area contributed by atoms with Gasteiger partial charge in [-0.05, 0) is 36.2 Å². The molecule has 0 amide bonds. The fraction of sp³-hybridized carbons (Fsp3) is 0.227. The molecule has 1 aliphatic rings. The van der Waals surface area contributed by atoms with Gasteiger partial charge >= 0.3 is 0 Å². The number of halogens is 1. The molecule has 1 aliphatic heterocycles. The number of fused-ring (bicyclic) bond motifs is 2. The van der Waals surface area contributed by atoms with E-state index in [4.69, 9.17) is 4.74 Å². The molecule has 0 fully saturated rings. The molecule has 0 spiro atoms. The van der Waals surface area contributed by atoms with E-state index in [1.807, 2.05) is 12.1 Å². The van der Waals surface area contributed by atoms with Gasteiger partial charge in [0.15, 0.2) is 15.5 Å². The molecule has 0 unspecified atom stereocenters. The van der Waals surface area contributed by atoms with E-state index >= 15 is 0 Å². The number of aryl methyl sites for hydroxylation is 2. The van der Waals surface area contributed by atoms with Crippen LogP contribution in [0.2, 0.25) is 0 Å². The molecule has 4 aromatic rings. The van der Waals surface area contributed by atoms with Gasteiger partial charge in [0, 0.05) is 42.0 Å². The maximum absolute atomic E-state index is 14.7. The van der Waals surface area contributed by atoms with Gasteiger partial charge in [-0.15, -0.1) is 10.2 Å². The van der Waals surface area contributed by atoms with Crippen LogP contribution in [-0.2, 0) is 29.1 Å². The second kappa shape index (κ2) is 7.42. The number of aromatic nitrogens is 4. The first kappa shape index (κ1) is 19.6. The summed E-state index contributed by atoms with van der Waals surface area (Å²) in [5.41, 5.74) is 3.62. The zero-order valence-electron chi connectivity index (χ0n) is 16.7. The van der Waals surface area contributed by atoms with Gasteiger partial charge in [-0.3, -0.25) is 4.40 Å². The standard InChI is InChI=1S/C22H19FN4O3S/c1-31(28,29)15-6-7-17(19(23)11-15)18-12-24-21(27-13-25-26-22(18)27)8-5-14-3-2-4-20-16(14)9-10-30-20/h2-4,6-7,11-13H,5,8-10H2,1H3. The largest absolute Gasteiger partial charge is 0.493 e. The Balaban J connectivity index is 1.49. The Bertz CT molecular complexity index is 1420. The molecule has 9 heteroatoms. The molecule has 0 atom stereocenters. The maximum atomic E-state index is 14.7. The molecule has 0 aliphatic carbocycles. The van der Waals surface area contributed by atoms with Crippen LogP contribution in [0.3, 0.4) is 0 Å². The molecule has 0 saturated carbocycles. The molecule has 0 bridgehead atoms. The van der Waals surface area contributed by atoms with Gasteiger partial charge < -0.3 is 4.74 Å². The summed E-state index contributed by atoms with van der Waals surface area (Å²) in [5, 5.41) is 8.13. The van der Waals surface area contributed by atoms with Crippen molar-refractivity contribution < 1.29 is 17.5 Å². The smallest absolute Gasteiger partial charge is 0.175 e. The highest BCUT2D eigenvalue weighted by Gasteiger charge is 2.19. The van der Waals surface area contributed by atoms with E-state index in [-0.39, 0.29) is 10.5 Å². The van der Waals surface area contributed by atoms with E-state index in [0.29, 0.717) is 24.2 Å². The molecule has 5 rings (SSSR count). The van der Waals surface area contributed by atoms with Crippen LogP contribution in [-0.4, -0.2) is 40.9 Å². The minimum atomic E-state index is -3.50. The van der Waals surface area contributed by atoms with Crippen LogP contribution in [0.25, 0.3) is 16.8 Å². The third kappa shape index (κ3) is 3.54. The summed E-state index contributed by atoms with van der Waals surface area (Å²) in [5.74, 6) is 1.05. The van der Waals surface area contributed by atoms with Crippen LogP contribution in [0.5, 0.6) is 5.75 Å². The van der Waals surface area contributed by atoms with Gasteiger partial charge in [-0.25, -0.2) is 17.8 Å². The molecule has 0 N–H and O–H groups in total. The average Bonchev–Trinajstić information content (AvgIpc) is 3.41. The second-order valence-corrected chi connectivity index (χ2v) is 9.53. The van der Waals surface area contributed by atoms with E-state index in [9.17, 15) is 12.8 Å². The van der Waals surface area contributed by atoms with Crippen molar-refractivity contribution in [1.29, 1.82) is 0 Å². The summed E-state index contributed by atoms with van der Waals surface area (Å²) >= 11 is 0. The lowest BCUT2D eigenvalue weighted by Gasteiger charge is -2.11. The number of ether oxygens (including phenoxy) is 1. The van der Waals surface area contributed by atoms with Crippen molar-refractivity contribution in [2.24, 2.45) is 0 Å². The predicted molar refractivity (Wildman–Crippen MR) is 112 cm³/mol. The van der Waals surface area contributed by atoms with Gasteiger partial charge in [0.05, 0.1) is 11.5 Å². The fourth-order valence-corrected chi connectivity index (χ4v) is 4.59. The van der Waals surface area contributed by atoms with E-state index in [1.54, 1.807) is 16.9 Å². The van der Waals surface area contributed by atoms with Gasteiger partial charge in [-0.1, -0.05) is 12.1 Å². The Morgan fingerprint density at radius 1 is 1.16 bits per heavy atom. The first-order valence-corrected chi connectivity index (χ1v) is 11.7. The fourth-order valence-electron chi connectivity index (χ4n) is 3.96. The van der Waals surface area contributed by atoms with Crippen molar-refractivity contribution in [1.82, 2.24) is 19.6 Å². The molecular formula is C22H19FN4O3S. The van der Waals surface area contributed by atoms with Crippen LogP contribution < -0.4 is 4.74 Å². The number of nitrogens with zero attached hydrogens (tertiary/aromatic N) is 4. The van der Waals surface area contributed by atoms with Crippen molar-refractivity contribution in [2.75, 3.05) is 12.9 Å². The average molecular weight is 438 g/mol. The normalized spacial score (nSPS) is 13.4. The zero-order valence-corrected chi connectivity index (χ0v) is 17.6. The maximum Gasteiger partial charge on any atom is 0.175 e. The van der Waals surface area contributed by atoms with Crippen molar-refractivity contribution >= 4 is 15.5 Å². The molecular weight excluding hydrogens is 419 g/mol. The predicted octanol–water partition coefficient (Wildman–Crippen LogP) is 3.05. The molecule has 158 valence electrons. The van der Waals surface area contributed by atoms with Gasteiger partial charge in [0.1, 0.15) is 23.7 Å². The first-order chi connectivity index (χ1) is 14.9. The highest BCUT2D eigenvalue weighted by molar-refractivity contribution is 7.90. The number of hydrogen-bond acceptors (Lipinski definition) is 6. The molecule has 2 aromatic heterocycles. The lowest BCUT2D eigenvalue weighted by molar-refractivity contribution is 0.357. The Kier molecular flexibility index (Phi) is 4.70. The Morgan fingerprint density at radius 3 is 2.84 bits per heavy atom. The second-order valence-electron chi connectivity index (χ2n) is 7.52. The van der Waals surface area contributed by atoms with Crippen molar-refractivity contribution in [3.05, 3.63) is 71.7 Å². The summed E-state index contributed by atoms with van der Waals surface area (Å²) in [4.78, 5) is 4.47. The van der Waals surface area contributed by atoms with E-state index in [0.717, 1.165) is 36.7 Å². The molecule has 0 saturated heterocycles. The lowest BCUT2D eigenvalue weighted by Crippen LogP contribution is -2.05. The van der Waals surface area contributed by atoms with Crippen LogP contribution in [0.4, 0.5) is 4.39 Å². The Hall–Kier alpha value is -3.33. The van der Waals surface area contributed by atoms with Crippen LogP contribution in [0.1, 0.15) is 17.0 Å². The van der Waals surface area contributed by atoms with Gasteiger partial charge in [0.25, 0.3) is 0 Å². The molecule has 2 aromatic carbocycles. The monoisotopic (exact) mass is 438 g/mol. The zero-order chi connectivity index (χ0) is 21.6. The van der Waals surface area contributed by atoms with Crippen LogP contribution in [0.15, 0.2) is 53.8 Å². The third-order valence-electron chi connectivity index (χ3n) is 5.53. The van der Waals surface area contributed by atoms with Crippen molar-refractivity contribution in [3.8, 4) is 16.9 Å². The SMILES string of the molecule is CS(=O)(=O)c1ccc(-c2cnc(CCc3cccc4c3CCO4)n3cnnc23)c(F)c1. The first-order valence-electron chi connectivity index (χ1n) is 9.83. The third-order valence-corrected chi connectivity index (χ3v) is 6.64. The highest BCUT2D eigenvalue weighted by atomic mass is 32.2. The quantitative estimate of drug-likeness (QED) is 0.476. The van der Waals surface area contributed by atoms with E-state index in [2.05, 4.69) is 21.2 Å². The molecule has 3 heterocycles. The van der Waals surface area contributed by atoms with Gasteiger partial charge in [-0.2, -0.15) is 0 Å². The van der Waals surface area contributed by atoms with Crippen molar-refractivity contribution in [2.45, 2.75) is 24.2 Å². The summed E-state index contributed by atoms with van der Waals surface area (Å²) in [7, 11) is -3.50. The summed E-state index contributed by atoms with van der Waals surface area (Å²) in [6, 6.07) is 9.91. The van der Waals surface area contributed by atoms with Crippen LogP contribution >= 0.6 is 0 Å². The minimum absolute atomic E-state index is 0.0739. The van der Waals surface area contributed by atoms with Crippen LogP contribution in [0, 0.1) is 5.82 Å². The summed E-state index contributed by atoms with van der Waals surface area (Å²) in [6.07, 6.45) is 6.51. The number of hydrogen-bond donors (Lipinski definition) is 0. The minimum Gasteiger partial charge on any atom is -0.493 e. The summed E-state index contributed by atoms with van der Waals surface area (Å²) in [6.45, 7) is 0.707. The number of benzene rings is 2. The lowest BCUT2D eigenvalue weighted by atomic mass is 10.0. The summed E-state index contributed by atoms with van der Waals surface area (Å²) < 4.78 is 45.5. The Labute approximate surface area is 178 Å². The highest BCUT2D eigenvalue weighted by Crippen LogP contribution is 2.30. The van der Waals surface area contributed by atoms with E-state index in [1.165, 1.54) is 23.3 Å². The van der Waals surface area contributed by atoms with Crippen molar-refractivity contribution in [3.63, 3.8) is 0 Å². The molecule has 31 heavy (non-hydrogen) atoms. The number of sulfone groups is 1. The Morgan fingerprint density at radius 2 is 2.03 bits per heavy atom. The van der Waals surface area contributed by atoms with E-state index < -0.39 is 15.7 Å². The topological polar surface area (TPSA) is 86.5 Å². The molecule has 0 radical (unpaired) electrons. The number of rotatable bonds is 5. The molecule has 7 nitrogen and oxygen atoms in total.